The Morgan fingerprint density at radius 1 is 0.900 bits per heavy atom. The lowest BCUT2D eigenvalue weighted by Gasteiger charge is -2.14. The lowest BCUT2D eigenvalue weighted by Crippen LogP contribution is -2.13. The van der Waals surface area contributed by atoms with Crippen LogP contribution in [0.2, 0.25) is 0 Å². The standard InChI is InChI=1S/C8H10S2/c1-3-7(9-5-1)8-4-2-6-10-8/h1-2,5-8H,3-4H2. The zero-order valence-electron chi connectivity index (χ0n) is 5.69. The molecule has 0 aromatic heterocycles. The van der Waals surface area contributed by atoms with E-state index in [9.17, 15) is 0 Å². The molecule has 0 bridgehead atoms. The van der Waals surface area contributed by atoms with Gasteiger partial charge in [-0.2, -0.15) is 0 Å². The number of hydrogen-bond acceptors (Lipinski definition) is 2. The van der Waals surface area contributed by atoms with Gasteiger partial charge in [-0.1, -0.05) is 12.2 Å². The van der Waals surface area contributed by atoms with Crippen molar-refractivity contribution in [3.05, 3.63) is 23.0 Å². The average molecular weight is 170 g/mol. The Bertz CT molecular complexity index is 136. The van der Waals surface area contributed by atoms with Crippen molar-refractivity contribution in [2.75, 3.05) is 0 Å². The fourth-order valence-corrected chi connectivity index (χ4v) is 3.53. The molecule has 0 amide bonds. The Labute approximate surface area is 70.1 Å². The van der Waals surface area contributed by atoms with Gasteiger partial charge >= 0.3 is 0 Å². The third-order valence-corrected chi connectivity index (χ3v) is 4.46. The van der Waals surface area contributed by atoms with Crippen molar-refractivity contribution in [2.45, 2.75) is 23.3 Å². The number of hydrogen-bond donors (Lipinski definition) is 0. The Morgan fingerprint density at radius 2 is 1.40 bits per heavy atom. The summed E-state index contributed by atoms with van der Waals surface area (Å²) in [6.45, 7) is 0. The number of thioether (sulfide) groups is 2. The third kappa shape index (κ3) is 1.28. The van der Waals surface area contributed by atoms with E-state index in [0.717, 1.165) is 10.5 Å². The molecule has 0 N–H and O–H groups in total. The molecule has 2 heterocycles. The summed E-state index contributed by atoms with van der Waals surface area (Å²) in [6, 6.07) is 0. The van der Waals surface area contributed by atoms with Gasteiger partial charge in [0.2, 0.25) is 0 Å². The summed E-state index contributed by atoms with van der Waals surface area (Å²) in [7, 11) is 0. The maximum Gasteiger partial charge on any atom is 0.0248 e. The van der Waals surface area contributed by atoms with Crippen LogP contribution in [0.25, 0.3) is 0 Å². The second kappa shape index (κ2) is 3.05. The number of rotatable bonds is 1. The maximum atomic E-state index is 2.29. The van der Waals surface area contributed by atoms with Gasteiger partial charge in [-0.25, -0.2) is 0 Å². The molecule has 0 fully saturated rings. The summed E-state index contributed by atoms with van der Waals surface area (Å²) in [4.78, 5) is 0. The van der Waals surface area contributed by atoms with Crippen LogP contribution in [0.15, 0.2) is 23.0 Å². The van der Waals surface area contributed by atoms with Gasteiger partial charge in [0.25, 0.3) is 0 Å². The van der Waals surface area contributed by atoms with Crippen molar-refractivity contribution in [1.29, 1.82) is 0 Å². The van der Waals surface area contributed by atoms with Gasteiger partial charge in [-0.05, 0) is 23.7 Å². The van der Waals surface area contributed by atoms with Gasteiger partial charge in [0.1, 0.15) is 0 Å². The second-order valence-corrected chi connectivity index (χ2v) is 4.86. The minimum atomic E-state index is 0.861. The van der Waals surface area contributed by atoms with E-state index >= 15 is 0 Å². The molecular weight excluding hydrogens is 160 g/mol. The number of allylic oxidation sites excluding steroid dienone is 2. The highest BCUT2D eigenvalue weighted by atomic mass is 32.2. The normalized spacial score (nSPS) is 37.6. The Hall–Kier alpha value is 0.180. The molecular formula is C8H10S2. The van der Waals surface area contributed by atoms with Crippen LogP contribution in [0.3, 0.4) is 0 Å². The predicted octanol–water partition coefficient (Wildman–Crippen LogP) is 3.02. The van der Waals surface area contributed by atoms with Crippen molar-refractivity contribution in [3.8, 4) is 0 Å². The quantitative estimate of drug-likeness (QED) is 0.593. The molecule has 2 atom stereocenters. The minimum Gasteiger partial charge on any atom is -0.130 e. The SMILES string of the molecule is C1=CSC(C2CC=CS2)C1. The lowest BCUT2D eigenvalue weighted by atomic mass is 10.2. The molecule has 0 aliphatic carbocycles. The summed E-state index contributed by atoms with van der Waals surface area (Å²) in [5, 5.41) is 6.20. The fraction of sp³-hybridized carbons (Fsp3) is 0.500. The van der Waals surface area contributed by atoms with Gasteiger partial charge < -0.3 is 0 Å². The minimum absolute atomic E-state index is 0.861. The first kappa shape index (κ1) is 6.86. The maximum absolute atomic E-state index is 2.29. The van der Waals surface area contributed by atoms with E-state index in [1.165, 1.54) is 12.8 Å². The Balaban J connectivity index is 1.89. The first-order valence-corrected chi connectivity index (χ1v) is 5.46. The van der Waals surface area contributed by atoms with Gasteiger partial charge in [0.15, 0.2) is 0 Å². The summed E-state index contributed by atoms with van der Waals surface area (Å²) in [6.07, 6.45) is 7.14. The second-order valence-electron chi connectivity index (χ2n) is 2.56. The van der Waals surface area contributed by atoms with E-state index in [-0.39, 0.29) is 0 Å². The van der Waals surface area contributed by atoms with E-state index in [0.29, 0.717) is 0 Å². The molecule has 0 saturated heterocycles. The van der Waals surface area contributed by atoms with Crippen molar-refractivity contribution in [3.63, 3.8) is 0 Å². The predicted molar refractivity (Wildman–Crippen MR) is 50.3 cm³/mol. The summed E-state index contributed by atoms with van der Waals surface area (Å²) < 4.78 is 0. The summed E-state index contributed by atoms with van der Waals surface area (Å²) in [5.74, 6) is 0. The molecule has 10 heavy (non-hydrogen) atoms. The van der Waals surface area contributed by atoms with Gasteiger partial charge in [-0.15, -0.1) is 23.5 Å². The van der Waals surface area contributed by atoms with Gasteiger partial charge in [0, 0.05) is 10.5 Å². The molecule has 0 aromatic carbocycles. The van der Waals surface area contributed by atoms with Crippen LogP contribution in [-0.4, -0.2) is 10.5 Å². The smallest absolute Gasteiger partial charge is 0.0248 e. The molecule has 2 unspecified atom stereocenters. The molecule has 2 heteroatoms. The molecule has 0 spiro atoms. The zero-order valence-corrected chi connectivity index (χ0v) is 7.33. The average Bonchev–Trinajstić information content (AvgIpc) is 2.59. The van der Waals surface area contributed by atoms with E-state index in [1.54, 1.807) is 0 Å². The van der Waals surface area contributed by atoms with Crippen LogP contribution in [-0.2, 0) is 0 Å². The zero-order chi connectivity index (χ0) is 6.81. The topological polar surface area (TPSA) is 0 Å². The van der Waals surface area contributed by atoms with Gasteiger partial charge in [0.05, 0.1) is 0 Å². The molecule has 0 radical (unpaired) electrons. The lowest BCUT2D eigenvalue weighted by molar-refractivity contribution is 0.821. The summed E-state index contributed by atoms with van der Waals surface area (Å²) >= 11 is 4.00. The van der Waals surface area contributed by atoms with Crippen LogP contribution in [0.5, 0.6) is 0 Å². The monoisotopic (exact) mass is 170 g/mol. The first-order chi connectivity index (χ1) is 4.97. The highest BCUT2D eigenvalue weighted by Gasteiger charge is 2.23. The van der Waals surface area contributed by atoms with Crippen molar-refractivity contribution in [1.82, 2.24) is 0 Å². The molecule has 2 aliphatic heterocycles. The van der Waals surface area contributed by atoms with E-state index in [4.69, 9.17) is 0 Å². The van der Waals surface area contributed by atoms with Crippen LogP contribution >= 0.6 is 23.5 Å². The van der Waals surface area contributed by atoms with Crippen LogP contribution in [0.1, 0.15) is 12.8 Å². The van der Waals surface area contributed by atoms with E-state index in [2.05, 4.69) is 23.0 Å². The van der Waals surface area contributed by atoms with Crippen LogP contribution < -0.4 is 0 Å². The van der Waals surface area contributed by atoms with Crippen LogP contribution in [0, 0.1) is 0 Å². The molecule has 2 aliphatic rings. The van der Waals surface area contributed by atoms with E-state index in [1.807, 2.05) is 23.5 Å². The molecule has 0 saturated carbocycles. The van der Waals surface area contributed by atoms with Crippen LogP contribution in [0.4, 0.5) is 0 Å². The van der Waals surface area contributed by atoms with Crippen molar-refractivity contribution >= 4 is 23.5 Å². The summed E-state index contributed by atoms with van der Waals surface area (Å²) in [5.41, 5.74) is 0. The molecule has 54 valence electrons. The highest BCUT2D eigenvalue weighted by Crippen LogP contribution is 2.38. The van der Waals surface area contributed by atoms with Crippen molar-refractivity contribution < 1.29 is 0 Å². The van der Waals surface area contributed by atoms with Crippen molar-refractivity contribution in [2.24, 2.45) is 0 Å². The largest absolute Gasteiger partial charge is 0.130 e. The molecule has 0 nitrogen and oxygen atoms in total. The molecule has 2 rings (SSSR count). The van der Waals surface area contributed by atoms with E-state index < -0.39 is 0 Å². The Kier molecular flexibility index (Phi) is 2.10. The fourth-order valence-electron chi connectivity index (χ4n) is 1.28. The Morgan fingerprint density at radius 3 is 1.70 bits per heavy atom. The molecule has 0 aromatic rings. The third-order valence-electron chi connectivity index (χ3n) is 1.85. The highest BCUT2D eigenvalue weighted by molar-refractivity contribution is 8.06. The van der Waals surface area contributed by atoms with Gasteiger partial charge in [-0.3, -0.25) is 0 Å². The first-order valence-electron chi connectivity index (χ1n) is 3.58.